The molecule has 0 aromatic heterocycles. The van der Waals surface area contributed by atoms with Crippen molar-refractivity contribution in [3.63, 3.8) is 0 Å². The van der Waals surface area contributed by atoms with E-state index in [2.05, 4.69) is 5.32 Å². The Morgan fingerprint density at radius 1 is 1.11 bits per heavy atom. The van der Waals surface area contributed by atoms with Gasteiger partial charge in [0.05, 0.1) is 13.2 Å². The number of hydrogen-bond donors (Lipinski definition) is 2. The van der Waals surface area contributed by atoms with Crippen LogP contribution in [0.5, 0.6) is 0 Å². The zero-order chi connectivity index (χ0) is 19.1. The van der Waals surface area contributed by atoms with E-state index in [0.29, 0.717) is 25.3 Å². The van der Waals surface area contributed by atoms with E-state index in [1.165, 1.54) is 0 Å². The minimum atomic E-state index is -0.458. The summed E-state index contributed by atoms with van der Waals surface area (Å²) in [6.45, 7) is 2.91. The third-order valence-electron chi connectivity index (χ3n) is 4.42. The first kappa shape index (κ1) is 19.1. The van der Waals surface area contributed by atoms with Crippen molar-refractivity contribution in [3.05, 3.63) is 83.1 Å². The standard InChI is InChI=1S/C22H25NO4/c1-16-11-20(22(25)23-13-17-5-3-2-4-6-17)27-21(12-16)26-15-19-9-7-18(14-24)8-10-19/h2-11,16,21,24H,12-15H2,1H3,(H,23,25)/t16-,21+/m0/s1. The molecule has 0 spiro atoms. The second kappa shape index (κ2) is 9.35. The number of amides is 1. The van der Waals surface area contributed by atoms with Gasteiger partial charge in [0.2, 0.25) is 6.29 Å². The normalized spacial score (nSPS) is 19.1. The fourth-order valence-electron chi connectivity index (χ4n) is 2.89. The topological polar surface area (TPSA) is 67.8 Å². The van der Waals surface area contributed by atoms with E-state index < -0.39 is 6.29 Å². The van der Waals surface area contributed by atoms with Gasteiger partial charge in [-0.1, -0.05) is 61.5 Å². The Kier molecular flexibility index (Phi) is 6.63. The third kappa shape index (κ3) is 5.67. The van der Waals surface area contributed by atoms with Gasteiger partial charge in [0.1, 0.15) is 0 Å². The molecule has 142 valence electrons. The number of aliphatic hydroxyl groups is 1. The number of nitrogens with one attached hydrogen (secondary N) is 1. The molecule has 1 amide bonds. The number of rotatable bonds is 7. The van der Waals surface area contributed by atoms with Crippen molar-refractivity contribution in [3.8, 4) is 0 Å². The fraction of sp³-hybridized carbons (Fsp3) is 0.318. The predicted octanol–water partition coefficient (Wildman–Crippen LogP) is 3.28. The van der Waals surface area contributed by atoms with Gasteiger partial charge in [0, 0.05) is 13.0 Å². The van der Waals surface area contributed by atoms with Crippen LogP contribution in [0.15, 0.2) is 66.4 Å². The number of hydrogen-bond acceptors (Lipinski definition) is 4. The van der Waals surface area contributed by atoms with Crippen LogP contribution in [-0.4, -0.2) is 17.3 Å². The van der Waals surface area contributed by atoms with E-state index in [-0.39, 0.29) is 18.4 Å². The van der Waals surface area contributed by atoms with Crippen molar-refractivity contribution < 1.29 is 19.4 Å². The van der Waals surface area contributed by atoms with Gasteiger partial charge in [-0.15, -0.1) is 0 Å². The van der Waals surface area contributed by atoms with Crippen molar-refractivity contribution in [1.29, 1.82) is 0 Å². The summed E-state index contributed by atoms with van der Waals surface area (Å²) >= 11 is 0. The molecule has 0 saturated carbocycles. The highest BCUT2D eigenvalue weighted by molar-refractivity contribution is 5.91. The van der Waals surface area contributed by atoms with Gasteiger partial charge in [-0.25, -0.2) is 0 Å². The van der Waals surface area contributed by atoms with Crippen LogP contribution < -0.4 is 5.32 Å². The van der Waals surface area contributed by atoms with Crippen LogP contribution in [-0.2, 0) is 34.0 Å². The monoisotopic (exact) mass is 367 g/mol. The molecule has 0 bridgehead atoms. The number of benzene rings is 2. The summed E-state index contributed by atoms with van der Waals surface area (Å²) < 4.78 is 11.6. The number of carbonyl (C=O) groups is 1. The largest absolute Gasteiger partial charge is 0.459 e. The van der Waals surface area contributed by atoms with Crippen LogP contribution in [0.4, 0.5) is 0 Å². The maximum absolute atomic E-state index is 12.4. The second-order valence-electron chi connectivity index (χ2n) is 6.75. The zero-order valence-corrected chi connectivity index (χ0v) is 15.4. The summed E-state index contributed by atoms with van der Waals surface area (Å²) in [7, 11) is 0. The second-order valence-corrected chi connectivity index (χ2v) is 6.75. The average molecular weight is 367 g/mol. The molecular weight excluding hydrogens is 342 g/mol. The lowest BCUT2D eigenvalue weighted by Crippen LogP contribution is -2.32. The van der Waals surface area contributed by atoms with Gasteiger partial charge >= 0.3 is 0 Å². The van der Waals surface area contributed by atoms with Gasteiger partial charge in [-0.3, -0.25) is 4.79 Å². The molecule has 5 heteroatoms. The summed E-state index contributed by atoms with van der Waals surface area (Å²) in [6.07, 6.45) is 2.08. The smallest absolute Gasteiger partial charge is 0.286 e. The zero-order valence-electron chi connectivity index (χ0n) is 15.4. The van der Waals surface area contributed by atoms with Crippen LogP contribution in [0.25, 0.3) is 0 Å². The quantitative estimate of drug-likeness (QED) is 0.788. The molecule has 1 aliphatic rings. The molecule has 1 aliphatic heterocycles. The maximum atomic E-state index is 12.4. The Morgan fingerprint density at radius 3 is 2.52 bits per heavy atom. The summed E-state index contributed by atoms with van der Waals surface area (Å²) in [5.74, 6) is 0.273. The molecule has 2 atom stereocenters. The minimum Gasteiger partial charge on any atom is -0.459 e. The fourth-order valence-corrected chi connectivity index (χ4v) is 2.89. The highest BCUT2D eigenvalue weighted by atomic mass is 16.7. The highest BCUT2D eigenvalue weighted by Crippen LogP contribution is 2.24. The lowest BCUT2D eigenvalue weighted by atomic mass is 10.0. The number of carbonyl (C=O) groups excluding carboxylic acids is 1. The minimum absolute atomic E-state index is 0.0244. The molecule has 0 saturated heterocycles. The van der Waals surface area contributed by atoms with Crippen molar-refractivity contribution in [2.75, 3.05) is 0 Å². The summed E-state index contributed by atoms with van der Waals surface area (Å²) in [5, 5.41) is 12.0. The van der Waals surface area contributed by atoms with Gasteiger partial charge < -0.3 is 19.9 Å². The van der Waals surface area contributed by atoms with Crippen LogP contribution >= 0.6 is 0 Å². The first-order valence-corrected chi connectivity index (χ1v) is 9.15. The molecule has 5 nitrogen and oxygen atoms in total. The van der Waals surface area contributed by atoms with E-state index in [1.807, 2.05) is 67.6 Å². The number of ether oxygens (including phenoxy) is 2. The molecule has 0 fully saturated rings. The molecular formula is C22H25NO4. The van der Waals surface area contributed by atoms with Crippen LogP contribution in [0, 0.1) is 5.92 Å². The van der Waals surface area contributed by atoms with Crippen LogP contribution in [0.2, 0.25) is 0 Å². The Hall–Kier alpha value is -2.63. The maximum Gasteiger partial charge on any atom is 0.286 e. The third-order valence-corrected chi connectivity index (χ3v) is 4.42. The average Bonchev–Trinajstić information content (AvgIpc) is 2.71. The highest BCUT2D eigenvalue weighted by Gasteiger charge is 2.25. The van der Waals surface area contributed by atoms with Crippen molar-refractivity contribution in [2.45, 2.75) is 39.4 Å². The Morgan fingerprint density at radius 2 is 1.81 bits per heavy atom. The predicted molar refractivity (Wildman–Crippen MR) is 102 cm³/mol. The van der Waals surface area contributed by atoms with Gasteiger partial charge in [0.25, 0.3) is 5.91 Å². The van der Waals surface area contributed by atoms with E-state index in [0.717, 1.165) is 16.7 Å². The summed E-state index contributed by atoms with van der Waals surface area (Å²) in [6, 6.07) is 17.3. The van der Waals surface area contributed by atoms with E-state index in [1.54, 1.807) is 0 Å². The first-order valence-electron chi connectivity index (χ1n) is 9.15. The Balaban J connectivity index is 1.52. The first-order chi connectivity index (χ1) is 13.1. The SMILES string of the molecule is C[C@H]1C=C(C(=O)NCc2ccccc2)O[C@@H](OCc2ccc(CO)cc2)C1. The lowest BCUT2D eigenvalue weighted by molar-refractivity contribution is -0.152. The van der Waals surface area contributed by atoms with Gasteiger partial charge in [0.15, 0.2) is 5.76 Å². The Labute approximate surface area is 159 Å². The Bertz CT molecular complexity index is 771. The molecule has 0 aliphatic carbocycles. The van der Waals surface area contributed by atoms with Crippen LogP contribution in [0.1, 0.15) is 30.0 Å². The van der Waals surface area contributed by atoms with E-state index in [4.69, 9.17) is 14.6 Å². The van der Waals surface area contributed by atoms with E-state index in [9.17, 15) is 4.79 Å². The lowest BCUT2D eigenvalue weighted by Gasteiger charge is -2.27. The van der Waals surface area contributed by atoms with Gasteiger partial charge in [-0.2, -0.15) is 0 Å². The van der Waals surface area contributed by atoms with Gasteiger partial charge in [-0.05, 0) is 28.7 Å². The molecule has 1 heterocycles. The van der Waals surface area contributed by atoms with Crippen molar-refractivity contribution in [2.24, 2.45) is 5.92 Å². The number of allylic oxidation sites excluding steroid dienone is 1. The van der Waals surface area contributed by atoms with Crippen LogP contribution in [0.3, 0.4) is 0 Å². The molecule has 2 aromatic rings. The van der Waals surface area contributed by atoms with Crippen molar-refractivity contribution >= 4 is 5.91 Å². The molecule has 0 radical (unpaired) electrons. The molecule has 27 heavy (non-hydrogen) atoms. The molecule has 2 aromatic carbocycles. The van der Waals surface area contributed by atoms with Crippen molar-refractivity contribution in [1.82, 2.24) is 5.32 Å². The summed E-state index contributed by atoms with van der Waals surface area (Å²) in [5.41, 5.74) is 2.89. The molecule has 2 N–H and O–H groups in total. The number of aliphatic hydroxyl groups excluding tert-OH is 1. The molecule has 3 rings (SSSR count). The summed E-state index contributed by atoms with van der Waals surface area (Å²) in [4.78, 5) is 12.4. The van der Waals surface area contributed by atoms with E-state index >= 15 is 0 Å². The molecule has 0 unspecified atom stereocenters.